The fraction of sp³-hybridized carbons (Fsp3) is 0.300. The summed E-state index contributed by atoms with van der Waals surface area (Å²) in [6.07, 6.45) is 0.695. The Labute approximate surface area is 148 Å². The van der Waals surface area contributed by atoms with E-state index in [1.165, 1.54) is 0 Å². The summed E-state index contributed by atoms with van der Waals surface area (Å²) in [5.74, 6) is -0.00913. The van der Waals surface area contributed by atoms with Crippen molar-refractivity contribution in [2.75, 3.05) is 20.3 Å². The molecule has 2 aromatic carbocycles. The van der Waals surface area contributed by atoms with E-state index in [2.05, 4.69) is 5.32 Å². The molecule has 0 atom stereocenters. The Morgan fingerprint density at radius 1 is 1.00 bits per heavy atom. The van der Waals surface area contributed by atoms with E-state index in [0.29, 0.717) is 18.5 Å². The van der Waals surface area contributed by atoms with Crippen molar-refractivity contribution in [3.63, 3.8) is 0 Å². The third-order valence-corrected chi connectivity index (χ3v) is 3.97. The summed E-state index contributed by atoms with van der Waals surface area (Å²) in [5, 5.41) is 2.74. The summed E-state index contributed by atoms with van der Waals surface area (Å²) in [7, 11) is 1.62. The predicted molar refractivity (Wildman–Crippen MR) is 95.9 cm³/mol. The molecule has 0 aliphatic carbocycles. The molecule has 0 radical (unpaired) electrons. The van der Waals surface area contributed by atoms with E-state index in [0.717, 1.165) is 22.4 Å². The molecule has 0 bridgehead atoms. The van der Waals surface area contributed by atoms with Gasteiger partial charge in [0.25, 0.3) is 5.91 Å². The zero-order chi connectivity index (χ0) is 18.2. The number of amides is 1. The van der Waals surface area contributed by atoms with Crippen LogP contribution in [0.25, 0.3) is 0 Å². The van der Waals surface area contributed by atoms with Crippen LogP contribution in [0.1, 0.15) is 27.0 Å². The Hall–Kier alpha value is -2.82. The second kappa shape index (κ2) is 8.87. The smallest absolute Gasteiger partial charge is 0.338 e. The fourth-order valence-corrected chi connectivity index (χ4v) is 2.27. The second-order valence-electron chi connectivity index (χ2n) is 5.82. The maximum absolute atomic E-state index is 12.0. The average Bonchev–Trinajstić information content (AvgIpc) is 2.62. The lowest BCUT2D eigenvalue weighted by Gasteiger charge is -2.08. The molecule has 2 aromatic rings. The van der Waals surface area contributed by atoms with E-state index < -0.39 is 5.97 Å². The molecule has 132 valence electrons. The van der Waals surface area contributed by atoms with E-state index in [1.807, 2.05) is 44.2 Å². The number of aryl methyl sites for hydroxylation is 2. The quantitative estimate of drug-likeness (QED) is 0.787. The Morgan fingerprint density at radius 3 is 2.36 bits per heavy atom. The van der Waals surface area contributed by atoms with Crippen molar-refractivity contribution in [1.29, 1.82) is 0 Å². The van der Waals surface area contributed by atoms with Crippen LogP contribution in [0.2, 0.25) is 0 Å². The van der Waals surface area contributed by atoms with Crippen LogP contribution in [0.3, 0.4) is 0 Å². The van der Waals surface area contributed by atoms with Gasteiger partial charge in [-0.05, 0) is 61.2 Å². The number of carbonyl (C=O) groups excluding carboxylic acids is 2. The Kier molecular flexibility index (Phi) is 6.57. The van der Waals surface area contributed by atoms with Gasteiger partial charge in [-0.3, -0.25) is 4.79 Å². The van der Waals surface area contributed by atoms with Crippen molar-refractivity contribution in [1.82, 2.24) is 5.32 Å². The minimum Gasteiger partial charge on any atom is -0.497 e. The van der Waals surface area contributed by atoms with Crippen molar-refractivity contribution in [2.45, 2.75) is 20.3 Å². The van der Waals surface area contributed by atoms with Gasteiger partial charge in [0.2, 0.25) is 0 Å². The average molecular weight is 341 g/mol. The van der Waals surface area contributed by atoms with Crippen LogP contribution in [0.4, 0.5) is 0 Å². The van der Waals surface area contributed by atoms with Crippen molar-refractivity contribution in [3.05, 3.63) is 64.7 Å². The molecule has 0 unspecified atom stereocenters. The summed E-state index contributed by atoms with van der Waals surface area (Å²) >= 11 is 0. The Morgan fingerprint density at radius 2 is 1.72 bits per heavy atom. The van der Waals surface area contributed by atoms with Crippen LogP contribution in [-0.4, -0.2) is 32.1 Å². The highest BCUT2D eigenvalue weighted by Crippen LogP contribution is 2.12. The second-order valence-corrected chi connectivity index (χ2v) is 5.82. The molecular weight excluding hydrogens is 318 g/mol. The van der Waals surface area contributed by atoms with Gasteiger partial charge in [0.1, 0.15) is 5.75 Å². The minimum absolute atomic E-state index is 0.283. The number of benzene rings is 2. The van der Waals surface area contributed by atoms with Gasteiger partial charge in [-0.25, -0.2) is 4.79 Å². The van der Waals surface area contributed by atoms with Gasteiger partial charge in [0.15, 0.2) is 6.61 Å². The molecule has 1 N–H and O–H groups in total. The highest BCUT2D eigenvalue weighted by molar-refractivity contribution is 5.91. The van der Waals surface area contributed by atoms with Gasteiger partial charge >= 0.3 is 5.97 Å². The molecule has 0 aliphatic rings. The summed E-state index contributed by atoms with van der Waals surface area (Å²) in [6.45, 7) is 4.10. The third-order valence-electron chi connectivity index (χ3n) is 3.97. The highest BCUT2D eigenvalue weighted by atomic mass is 16.5. The molecule has 0 aliphatic heterocycles. The van der Waals surface area contributed by atoms with Crippen LogP contribution in [-0.2, 0) is 16.0 Å². The molecule has 25 heavy (non-hydrogen) atoms. The molecule has 5 nitrogen and oxygen atoms in total. The summed E-state index contributed by atoms with van der Waals surface area (Å²) in [4.78, 5) is 23.7. The van der Waals surface area contributed by atoms with E-state index in [9.17, 15) is 9.59 Å². The lowest BCUT2D eigenvalue weighted by Crippen LogP contribution is -2.30. The predicted octanol–water partition coefficient (Wildman–Crippen LogP) is 2.83. The van der Waals surface area contributed by atoms with Crippen molar-refractivity contribution in [3.8, 4) is 5.75 Å². The monoisotopic (exact) mass is 341 g/mol. The number of esters is 1. The van der Waals surface area contributed by atoms with Crippen LogP contribution < -0.4 is 10.1 Å². The molecule has 0 saturated heterocycles. The van der Waals surface area contributed by atoms with Crippen LogP contribution in [0, 0.1) is 13.8 Å². The molecular formula is C20H23NO4. The van der Waals surface area contributed by atoms with Crippen LogP contribution in [0.5, 0.6) is 5.75 Å². The lowest BCUT2D eigenvalue weighted by atomic mass is 10.1. The molecule has 1 amide bonds. The maximum atomic E-state index is 12.0. The highest BCUT2D eigenvalue weighted by Gasteiger charge is 2.10. The first-order valence-corrected chi connectivity index (χ1v) is 8.13. The first kappa shape index (κ1) is 18.5. The molecule has 2 rings (SSSR count). The largest absolute Gasteiger partial charge is 0.497 e. The number of rotatable bonds is 7. The van der Waals surface area contributed by atoms with E-state index in [4.69, 9.17) is 9.47 Å². The van der Waals surface area contributed by atoms with Crippen LogP contribution in [0.15, 0.2) is 42.5 Å². The summed E-state index contributed by atoms with van der Waals surface area (Å²) < 4.78 is 10.1. The topological polar surface area (TPSA) is 64.6 Å². The number of ether oxygens (including phenoxy) is 2. The minimum atomic E-state index is -0.492. The van der Waals surface area contributed by atoms with Gasteiger partial charge in [0.05, 0.1) is 12.7 Å². The van der Waals surface area contributed by atoms with Gasteiger partial charge in [0, 0.05) is 6.54 Å². The first-order chi connectivity index (χ1) is 12.0. The van der Waals surface area contributed by atoms with Gasteiger partial charge < -0.3 is 14.8 Å². The third kappa shape index (κ3) is 5.64. The lowest BCUT2D eigenvalue weighted by molar-refractivity contribution is -0.124. The number of hydrogen-bond acceptors (Lipinski definition) is 4. The number of hydrogen-bond donors (Lipinski definition) is 1. The molecule has 0 aromatic heterocycles. The standard InChI is InChI=1S/C20H23NO4/c1-14-4-7-17(12-15(14)2)20(23)25-13-19(22)21-11-10-16-5-8-18(24-3)9-6-16/h4-9,12H,10-11,13H2,1-3H3,(H,21,22). The Bertz CT molecular complexity index is 738. The normalized spacial score (nSPS) is 10.2. The van der Waals surface area contributed by atoms with Crippen LogP contribution >= 0.6 is 0 Å². The van der Waals surface area contributed by atoms with E-state index in [1.54, 1.807) is 19.2 Å². The van der Waals surface area contributed by atoms with Crippen molar-refractivity contribution < 1.29 is 19.1 Å². The summed E-state index contributed by atoms with van der Waals surface area (Å²) in [5.41, 5.74) is 3.66. The maximum Gasteiger partial charge on any atom is 0.338 e. The number of methoxy groups -OCH3 is 1. The molecule has 5 heteroatoms. The van der Waals surface area contributed by atoms with Gasteiger partial charge in [-0.15, -0.1) is 0 Å². The number of carbonyl (C=O) groups is 2. The zero-order valence-electron chi connectivity index (χ0n) is 14.8. The Balaban J connectivity index is 1.72. The van der Waals surface area contributed by atoms with Gasteiger partial charge in [-0.2, -0.15) is 0 Å². The summed E-state index contributed by atoms with van der Waals surface area (Å²) in [6, 6.07) is 13.0. The van der Waals surface area contributed by atoms with Gasteiger partial charge in [-0.1, -0.05) is 18.2 Å². The molecule has 0 saturated carbocycles. The molecule has 0 heterocycles. The van der Waals surface area contributed by atoms with Crippen molar-refractivity contribution >= 4 is 11.9 Å². The molecule has 0 fully saturated rings. The fourth-order valence-electron chi connectivity index (χ4n) is 2.27. The van der Waals surface area contributed by atoms with E-state index in [-0.39, 0.29) is 12.5 Å². The first-order valence-electron chi connectivity index (χ1n) is 8.13. The SMILES string of the molecule is COc1ccc(CCNC(=O)COC(=O)c2ccc(C)c(C)c2)cc1. The van der Waals surface area contributed by atoms with E-state index >= 15 is 0 Å². The number of nitrogens with one attached hydrogen (secondary N) is 1. The molecule has 0 spiro atoms. The van der Waals surface area contributed by atoms with Crippen molar-refractivity contribution in [2.24, 2.45) is 0 Å². The zero-order valence-corrected chi connectivity index (χ0v) is 14.8.